The number of carbonyl (C=O) groups is 1. The predicted octanol–water partition coefficient (Wildman–Crippen LogP) is 3.09. The minimum absolute atomic E-state index is 0.0118. The molecule has 7 heteroatoms. The highest BCUT2D eigenvalue weighted by atomic mass is 32.2. The molecule has 1 amide bonds. The van der Waals surface area contributed by atoms with E-state index >= 15 is 0 Å². The highest BCUT2D eigenvalue weighted by molar-refractivity contribution is 7.89. The lowest BCUT2D eigenvalue weighted by atomic mass is 10.0. The summed E-state index contributed by atoms with van der Waals surface area (Å²) in [4.78, 5) is 12.0. The van der Waals surface area contributed by atoms with Gasteiger partial charge in [-0.1, -0.05) is 44.2 Å². The predicted molar refractivity (Wildman–Crippen MR) is 105 cm³/mol. The van der Waals surface area contributed by atoms with Crippen molar-refractivity contribution in [2.75, 3.05) is 12.3 Å². The summed E-state index contributed by atoms with van der Waals surface area (Å²) in [6.07, 6.45) is 0.567. The third kappa shape index (κ3) is 10.4. The van der Waals surface area contributed by atoms with E-state index in [2.05, 4.69) is 10.0 Å². The molecule has 1 aromatic rings. The Hall–Kier alpha value is -1.60. The van der Waals surface area contributed by atoms with Crippen LogP contribution >= 0.6 is 0 Å². The van der Waals surface area contributed by atoms with Crippen LogP contribution in [0.15, 0.2) is 30.3 Å². The van der Waals surface area contributed by atoms with Gasteiger partial charge in [0.1, 0.15) is 5.60 Å². The minimum atomic E-state index is -3.42. The van der Waals surface area contributed by atoms with Gasteiger partial charge in [-0.15, -0.1) is 0 Å². The van der Waals surface area contributed by atoms with Crippen molar-refractivity contribution in [3.8, 4) is 0 Å². The Kier molecular flexibility index (Phi) is 8.56. The van der Waals surface area contributed by atoms with E-state index in [9.17, 15) is 13.2 Å². The van der Waals surface area contributed by atoms with Gasteiger partial charge in [0.2, 0.25) is 10.0 Å². The van der Waals surface area contributed by atoms with Crippen LogP contribution in [0.2, 0.25) is 0 Å². The van der Waals surface area contributed by atoms with Gasteiger partial charge >= 0.3 is 6.09 Å². The number of sulfonamides is 1. The smallest absolute Gasteiger partial charge is 0.407 e. The summed E-state index contributed by atoms with van der Waals surface area (Å²) in [6, 6.07) is 9.16. The van der Waals surface area contributed by atoms with Gasteiger partial charge in [-0.2, -0.15) is 0 Å². The summed E-state index contributed by atoms with van der Waals surface area (Å²) >= 11 is 0. The lowest BCUT2D eigenvalue weighted by molar-refractivity contribution is 0.0499. The van der Waals surface area contributed by atoms with E-state index < -0.39 is 21.7 Å². The fourth-order valence-electron chi connectivity index (χ4n) is 2.43. The molecule has 148 valence electrons. The van der Waals surface area contributed by atoms with Crippen LogP contribution in [-0.2, 0) is 21.2 Å². The van der Waals surface area contributed by atoms with E-state index in [0.29, 0.717) is 18.8 Å². The summed E-state index contributed by atoms with van der Waals surface area (Å²) in [5, 5.41) is 2.76. The maximum Gasteiger partial charge on any atom is 0.407 e. The standard InChI is InChI=1S/C19H32N2O4S/c1-15(2)13-17(21-18(22)25-19(3,4)5)14-20-26(23,24)12-11-16-9-7-6-8-10-16/h6-10,15,17,20H,11-14H2,1-5H3,(H,21,22)/t17-/m0/s1. The summed E-state index contributed by atoms with van der Waals surface area (Å²) in [5.41, 5.74) is 0.380. The van der Waals surface area contributed by atoms with Crippen molar-refractivity contribution in [2.24, 2.45) is 5.92 Å². The molecular formula is C19H32N2O4S. The highest BCUT2D eigenvalue weighted by Gasteiger charge is 2.21. The minimum Gasteiger partial charge on any atom is -0.444 e. The molecule has 1 aromatic carbocycles. The number of alkyl carbamates (subject to hydrolysis) is 1. The largest absolute Gasteiger partial charge is 0.444 e. The maximum atomic E-state index is 12.3. The second-order valence-electron chi connectivity index (χ2n) is 7.88. The first-order valence-corrected chi connectivity index (χ1v) is 10.6. The topological polar surface area (TPSA) is 84.5 Å². The molecule has 0 fully saturated rings. The lowest BCUT2D eigenvalue weighted by Gasteiger charge is -2.24. The van der Waals surface area contributed by atoms with Crippen LogP contribution in [0.1, 0.15) is 46.6 Å². The van der Waals surface area contributed by atoms with Crippen LogP contribution in [0.3, 0.4) is 0 Å². The van der Waals surface area contributed by atoms with E-state index in [0.717, 1.165) is 5.56 Å². The van der Waals surface area contributed by atoms with E-state index in [1.165, 1.54) is 0 Å². The molecule has 0 unspecified atom stereocenters. The average Bonchev–Trinajstić information content (AvgIpc) is 2.49. The molecule has 26 heavy (non-hydrogen) atoms. The Balaban J connectivity index is 2.57. The van der Waals surface area contributed by atoms with E-state index in [-0.39, 0.29) is 18.3 Å². The zero-order chi connectivity index (χ0) is 19.8. The first-order valence-electron chi connectivity index (χ1n) is 8.97. The third-order valence-corrected chi connectivity index (χ3v) is 4.88. The van der Waals surface area contributed by atoms with Gasteiger partial charge in [0.15, 0.2) is 0 Å². The summed E-state index contributed by atoms with van der Waals surface area (Å²) in [6.45, 7) is 9.55. The molecule has 0 spiro atoms. The number of hydrogen-bond acceptors (Lipinski definition) is 4. The molecule has 0 aliphatic carbocycles. The van der Waals surface area contributed by atoms with Crippen LogP contribution in [0.4, 0.5) is 4.79 Å². The zero-order valence-corrected chi connectivity index (χ0v) is 17.2. The molecule has 0 saturated heterocycles. The van der Waals surface area contributed by atoms with Gasteiger partial charge in [-0.3, -0.25) is 0 Å². The van der Waals surface area contributed by atoms with E-state index in [4.69, 9.17) is 4.74 Å². The number of rotatable bonds is 9. The molecule has 0 aromatic heterocycles. The number of aryl methyl sites for hydroxylation is 1. The van der Waals surface area contributed by atoms with Crippen molar-refractivity contribution in [3.63, 3.8) is 0 Å². The number of nitrogens with one attached hydrogen (secondary N) is 2. The first-order chi connectivity index (χ1) is 12.0. The summed E-state index contributed by atoms with van der Waals surface area (Å²) in [5.74, 6) is 0.321. The monoisotopic (exact) mass is 384 g/mol. The SMILES string of the molecule is CC(C)C[C@@H](CNS(=O)(=O)CCc1ccccc1)NC(=O)OC(C)(C)C. The molecule has 2 N–H and O–H groups in total. The Morgan fingerprint density at radius 1 is 1.15 bits per heavy atom. The second-order valence-corrected chi connectivity index (χ2v) is 9.80. The molecule has 0 radical (unpaired) electrons. The van der Waals surface area contributed by atoms with Gasteiger partial charge in [0.25, 0.3) is 0 Å². The molecule has 0 bridgehead atoms. The number of hydrogen-bond donors (Lipinski definition) is 2. The maximum absolute atomic E-state index is 12.3. The van der Waals surface area contributed by atoms with Crippen LogP contribution in [0, 0.1) is 5.92 Å². The fraction of sp³-hybridized carbons (Fsp3) is 0.632. The van der Waals surface area contributed by atoms with Crippen molar-refractivity contribution in [2.45, 2.75) is 59.1 Å². The second kappa shape index (κ2) is 9.92. The van der Waals surface area contributed by atoms with Crippen LogP contribution in [0.5, 0.6) is 0 Å². The van der Waals surface area contributed by atoms with Gasteiger partial charge in [-0.05, 0) is 45.1 Å². The van der Waals surface area contributed by atoms with Crippen molar-refractivity contribution in [1.82, 2.24) is 10.0 Å². The summed E-state index contributed by atoms with van der Waals surface area (Å²) in [7, 11) is -3.42. The Bertz CT molecular complexity index is 652. The van der Waals surface area contributed by atoms with Crippen LogP contribution < -0.4 is 10.0 Å². The molecule has 6 nitrogen and oxygen atoms in total. The molecule has 0 saturated carbocycles. The Morgan fingerprint density at radius 2 is 1.77 bits per heavy atom. The first kappa shape index (κ1) is 22.4. The lowest BCUT2D eigenvalue weighted by Crippen LogP contribution is -2.46. The number of amides is 1. The molecular weight excluding hydrogens is 352 g/mol. The number of carbonyl (C=O) groups excluding carboxylic acids is 1. The van der Waals surface area contributed by atoms with E-state index in [1.807, 2.05) is 44.2 Å². The normalized spacial score (nSPS) is 13.5. The van der Waals surface area contributed by atoms with Crippen LogP contribution in [0.25, 0.3) is 0 Å². The zero-order valence-electron chi connectivity index (χ0n) is 16.4. The van der Waals surface area contributed by atoms with Crippen molar-refractivity contribution < 1.29 is 17.9 Å². The number of ether oxygens (including phenoxy) is 1. The Labute approximate surface area is 157 Å². The van der Waals surface area contributed by atoms with Crippen molar-refractivity contribution in [1.29, 1.82) is 0 Å². The molecule has 1 rings (SSSR count). The van der Waals surface area contributed by atoms with Gasteiger partial charge in [-0.25, -0.2) is 17.9 Å². The molecule has 0 aliphatic rings. The number of benzene rings is 1. The van der Waals surface area contributed by atoms with Crippen LogP contribution in [-0.4, -0.2) is 38.5 Å². The third-order valence-electron chi connectivity index (χ3n) is 3.53. The van der Waals surface area contributed by atoms with Gasteiger partial charge in [0, 0.05) is 12.6 Å². The Morgan fingerprint density at radius 3 is 2.31 bits per heavy atom. The van der Waals surface area contributed by atoms with E-state index in [1.54, 1.807) is 20.8 Å². The van der Waals surface area contributed by atoms with Crippen molar-refractivity contribution in [3.05, 3.63) is 35.9 Å². The van der Waals surface area contributed by atoms with Crippen molar-refractivity contribution >= 4 is 16.1 Å². The molecule has 0 aliphatic heterocycles. The average molecular weight is 385 g/mol. The molecule has 1 atom stereocenters. The molecule has 0 heterocycles. The fourth-order valence-corrected chi connectivity index (χ4v) is 3.54. The highest BCUT2D eigenvalue weighted by Crippen LogP contribution is 2.09. The summed E-state index contributed by atoms with van der Waals surface area (Å²) < 4.78 is 32.4. The quantitative estimate of drug-likeness (QED) is 0.685. The van der Waals surface area contributed by atoms with Gasteiger partial charge in [0.05, 0.1) is 5.75 Å². The van der Waals surface area contributed by atoms with Gasteiger partial charge < -0.3 is 10.1 Å².